The third kappa shape index (κ3) is 6.20. The van der Waals surface area contributed by atoms with Crippen molar-refractivity contribution in [3.05, 3.63) is 107 Å². The van der Waals surface area contributed by atoms with Crippen molar-refractivity contribution in [2.75, 3.05) is 7.05 Å². The Hall–Kier alpha value is -3.12. The van der Waals surface area contributed by atoms with E-state index in [1.807, 2.05) is 61.5 Å². The van der Waals surface area contributed by atoms with Crippen LogP contribution in [0.2, 0.25) is 0 Å². The van der Waals surface area contributed by atoms with Gasteiger partial charge >= 0.3 is 6.18 Å². The van der Waals surface area contributed by atoms with Gasteiger partial charge < -0.3 is 5.32 Å². The first-order valence-electron chi connectivity index (χ1n) is 10.5. The summed E-state index contributed by atoms with van der Waals surface area (Å²) in [5.74, 6) is -0.150. The van der Waals surface area contributed by atoms with E-state index in [0.29, 0.717) is 12.8 Å². The minimum Gasteiger partial charge on any atom is -0.358 e. The molecule has 3 rings (SSSR count). The summed E-state index contributed by atoms with van der Waals surface area (Å²) in [6.45, 7) is 2.01. The zero-order valence-corrected chi connectivity index (χ0v) is 18.1. The predicted molar refractivity (Wildman–Crippen MR) is 120 cm³/mol. The number of carbonyl (C=O) groups is 1. The third-order valence-electron chi connectivity index (χ3n) is 5.49. The molecule has 0 saturated heterocycles. The number of hydrogen-bond acceptors (Lipinski definition) is 2. The van der Waals surface area contributed by atoms with Crippen LogP contribution in [0.4, 0.5) is 13.2 Å². The minimum atomic E-state index is -4.35. The summed E-state index contributed by atoms with van der Waals surface area (Å²) in [6.07, 6.45) is -3.16. The van der Waals surface area contributed by atoms with Gasteiger partial charge in [-0.25, -0.2) is 0 Å². The molecular formula is C26H27F3N2O. The Bertz CT molecular complexity index is 1000. The summed E-state index contributed by atoms with van der Waals surface area (Å²) >= 11 is 0. The van der Waals surface area contributed by atoms with E-state index in [-0.39, 0.29) is 11.9 Å². The van der Waals surface area contributed by atoms with Crippen LogP contribution in [0.15, 0.2) is 78.9 Å². The fraction of sp³-hybridized carbons (Fsp3) is 0.269. The van der Waals surface area contributed by atoms with Gasteiger partial charge in [0.05, 0.1) is 5.56 Å². The molecule has 0 aliphatic heterocycles. The first-order chi connectivity index (χ1) is 15.3. The van der Waals surface area contributed by atoms with E-state index < -0.39 is 17.8 Å². The molecule has 0 spiro atoms. The molecule has 6 heteroatoms. The number of nitrogens with one attached hydrogen (secondary N) is 2. The van der Waals surface area contributed by atoms with Gasteiger partial charge in [0.25, 0.3) is 0 Å². The Morgan fingerprint density at radius 3 is 2.06 bits per heavy atom. The van der Waals surface area contributed by atoms with Gasteiger partial charge in [0.1, 0.15) is 6.04 Å². The van der Waals surface area contributed by atoms with Crippen LogP contribution in [0.25, 0.3) is 0 Å². The molecule has 1 amide bonds. The topological polar surface area (TPSA) is 41.1 Å². The Kier molecular flexibility index (Phi) is 7.70. The molecule has 0 aliphatic carbocycles. The second-order valence-corrected chi connectivity index (χ2v) is 7.82. The SMILES string of the molecule is CNC(=O)[C@H](N[C@@H](CCc1ccc(C(F)(F)F)cc1)c1ccc(C)cc1)c1ccccc1. The van der Waals surface area contributed by atoms with Crippen LogP contribution in [-0.2, 0) is 17.4 Å². The van der Waals surface area contributed by atoms with Crippen molar-refractivity contribution in [3.63, 3.8) is 0 Å². The van der Waals surface area contributed by atoms with Gasteiger partial charge in [-0.3, -0.25) is 10.1 Å². The number of rotatable bonds is 8. The molecule has 0 aromatic heterocycles. The molecule has 0 heterocycles. The Morgan fingerprint density at radius 1 is 0.875 bits per heavy atom. The molecule has 0 radical (unpaired) electrons. The van der Waals surface area contributed by atoms with Gasteiger partial charge in [0, 0.05) is 13.1 Å². The van der Waals surface area contributed by atoms with Crippen LogP contribution in [0.1, 0.15) is 46.3 Å². The van der Waals surface area contributed by atoms with Crippen LogP contribution in [-0.4, -0.2) is 13.0 Å². The number of likely N-dealkylation sites (N-methyl/N-ethyl adjacent to an activating group) is 1. The summed E-state index contributed by atoms with van der Waals surface area (Å²) in [6, 6.07) is 22.1. The van der Waals surface area contributed by atoms with Crippen LogP contribution >= 0.6 is 0 Å². The lowest BCUT2D eigenvalue weighted by Crippen LogP contribution is -2.38. The van der Waals surface area contributed by atoms with Crippen molar-refractivity contribution in [3.8, 4) is 0 Å². The highest BCUT2D eigenvalue weighted by molar-refractivity contribution is 5.83. The number of amides is 1. The highest BCUT2D eigenvalue weighted by Gasteiger charge is 2.30. The Balaban J connectivity index is 1.83. The lowest BCUT2D eigenvalue weighted by atomic mass is 9.95. The summed E-state index contributed by atoms with van der Waals surface area (Å²) in [4.78, 5) is 12.7. The van der Waals surface area contributed by atoms with Crippen molar-refractivity contribution < 1.29 is 18.0 Å². The molecule has 0 aliphatic rings. The second-order valence-electron chi connectivity index (χ2n) is 7.82. The summed E-state index contributed by atoms with van der Waals surface area (Å²) < 4.78 is 38.6. The van der Waals surface area contributed by atoms with E-state index in [2.05, 4.69) is 10.6 Å². The van der Waals surface area contributed by atoms with Gasteiger partial charge in [-0.1, -0.05) is 72.3 Å². The lowest BCUT2D eigenvalue weighted by molar-refractivity contribution is -0.137. The summed E-state index contributed by atoms with van der Waals surface area (Å²) in [5, 5.41) is 6.19. The number of carbonyl (C=O) groups excluding carboxylic acids is 1. The van der Waals surface area contributed by atoms with E-state index in [1.54, 1.807) is 7.05 Å². The molecule has 0 unspecified atom stereocenters. The maximum Gasteiger partial charge on any atom is 0.416 e. The summed E-state index contributed by atoms with van der Waals surface area (Å²) in [5.41, 5.74) is 3.15. The van der Waals surface area contributed by atoms with Gasteiger partial charge in [-0.15, -0.1) is 0 Å². The van der Waals surface area contributed by atoms with Crippen LogP contribution in [0.3, 0.4) is 0 Å². The van der Waals surface area contributed by atoms with E-state index in [1.165, 1.54) is 12.1 Å². The van der Waals surface area contributed by atoms with Gasteiger partial charge in [-0.2, -0.15) is 13.2 Å². The Labute approximate surface area is 186 Å². The van der Waals surface area contributed by atoms with Crippen molar-refractivity contribution >= 4 is 5.91 Å². The largest absolute Gasteiger partial charge is 0.416 e. The fourth-order valence-electron chi connectivity index (χ4n) is 3.63. The van der Waals surface area contributed by atoms with E-state index >= 15 is 0 Å². The molecule has 168 valence electrons. The van der Waals surface area contributed by atoms with Gasteiger partial charge in [0.15, 0.2) is 0 Å². The van der Waals surface area contributed by atoms with Gasteiger partial charge in [-0.05, 0) is 48.6 Å². The molecular weight excluding hydrogens is 413 g/mol. The predicted octanol–water partition coefficient (Wildman–Crippen LogP) is 5.76. The quantitative estimate of drug-likeness (QED) is 0.467. The second kappa shape index (κ2) is 10.5. The molecule has 32 heavy (non-hydrogen) atoms. The highest BCUT2D eigenvalue weighted by Crippen LogP contribution is 2.30. The number of halogens is 3. The smallest absolute Gasteiger partial charge is 0.358 e. The normalized spacial score (nSPS) is 13.4. The molecule has 0 fully saturated rings. The third-order valence-corrected chi connectivity index (χ3v) is 5.49. The first-order valence-corrected chi connectivity index (χ1v) is 10.5. The summed E-state index contributed by atoms with van der Waals surface area (Å²) in [7, 11) is 1.60. The molecule has 0 saturated carbocycles. The molecule has 3 aromatic carbocycles. The van der Waals surface area contributed by atoms with Crippen LogP contribution < -0.4 is 10.6 Å². The van der Waals surface area contributed by atoms with E-state index in [4.69, 9.17) is 0 Å². The monoisotopic (exact) mass is 440 g/mol. The van der Waals surface area contributed by atoms with Crippen LogP contribution in [0, 0.1) is 6.92 Å². The van der Waals surface area contributed by atoms with Crippen molar-refractivity contribution in [2.45, 2.75) is 38.0 Å². The molecule has 2 atom stereocenters. The molecule has 3 nitrogen and oxygen atoms in total. The standard InChI is InChI=1S/C26H27F3N2O/c1-18-8-13-20(14-9-18)23(17-12-19-10-15-22(16-11-19)26(27,28)29)31-24(25(32)30-2)21-6-4-3-5-7-21/h3-11,13-16,23-24,31H,12,17H2,1-2H3,(H,30,32)/t23-,24+/m0/s1. The minimum absolute atomic E-state index is 0.150. The molecule has 2 N–H and O–H groups in total. The zero-order chi connectivity index (χ0) is 23.1. The molecule has 3 aromatic rings. The van der Waals surface area contributed by atoms with Crippen molar-refractivity contribution in [2.24, 2.45) is 0 Å². The Morgan fingerprint density at radius 2 is 1.50 bits per heavy atom. The highest BCUT2D eigenvalue weighted by atomic mass is 19.4. The maximum atomic E-state index is 12.9. The zero-order valence-electron chi connectivity index (χ0n) is 18.1. The number of alkyl halides is 3. The van der Waals surface area contributed by atoms with Crippen LogP contribution in [0.5, 0.6) is 0 Å². The van der Waals surface area contributed by atoms with Crippen molar-refractivity contribution in [1.29, 1.82) is 0 Å². The van der Waals surface area contributed by atoms with E-state index in [0.717, 1.165) is 34.4 Å². The first kappa shape index (κ1) is 23.5. The number of benzene rings is 3. The average Bonchev–Trinajstić information content (AvgIpc) is 2.80. The fourth-order valence-corrected chi connectivity index (χ4v) is 3.63. The average molecular weight is 441 g/mol. The van der Waals surface area contributed by atoms with Crippen molar-refractivity contribution in [1.82, 2.24) is 10.6 Å². The number of aryl methyl sites for hydroxylation is 2. The number of hydrogen-bond donors (Lipinski definition) is 2. The van der Waals surface area contributed by atoms with E-state index in [9.17, 15) is 18.0 Å². The lowest BCUT2D eigenvalue weighted by Gasteiger charge is -2.26. The van der Waals surface area contributed by atoms with Gasteiger partial charge in [0.2, 0.25) is 5.91 Å². The molecule has 0 bridgehead atoms. The maximum absolute atomic E-state index is 12.9.